The van der Waals surface area contributed by atoms with E-state index in [-0.39, 0.29) is 5.91 Å². The zero-order valence-electron chi connectivity index (χ0n) is 9.00. The summed E-state index contributed by atoms with van der Waals surface area (Å²) >= 11 is 5.84. The van der Waals surface area contributed by atoms with E-state index in [9.17, 15) is 4.79 Å². The zero-order chi connectivity index (χ0) is 11.6. The first-order valence-electron chi connectivity index (χ1n) is 5.46. The van der Waals surface area contributed by atoms with Crippen LogP contribution in [0.1, 0.15) is 24.8 Å². The van der Waals surface area contributed by atoms with Gasteiger partial charge in [-0.25, -0.2) is 0 Å². The second kappa shape index (κ2) is 4.44. The van der Waals surface area contributed by atoms with Gasteiger partial charge in [0.2, 0.25) is 5.91 Å². The van der Waals surface area contributed by atoms with Crippen molar-refractivity contribution in [2.24, 2.45) is 5.73 Å². The van der Waals surface area contributed by atoms with Crippen molar-refractivity contribution in [2.75, 3.05) is 6.54 Å². The third-order valence-electron chi connectivity index (χ3n) is 3.16. The van der Waals surface area contributed by atoms with Crippen molar-refractivity contribution >= 4 is 17.5 Å². The highest BCUT2D eigenvalue weighted by molar-refractivity contribution is 6.30. The molecule has 0 bridgehead atoms. The minimum Gasteiger partial charge on any atom is -0.368 e. The smallest absolute Gasteiger partial charge is 0.242 e. The molecule has 1 aliphatic rings. The lowest BCUT2D eigenvalue weighted by molar-refractivity contribution is -0.125. The zero-order valence-corrected chi connectivity index (χ0v) is 9.76. The van der Waals surface area contributed by atoms with Gasteiger partial charge in [-0.05, 0) is 43.5 Å². The molecule has 1 saturated heterocycles. The summed E-state index contributed by atoms with van der Waals surface area (Å²) in [5.74, 6) is -0.311. The normalized spacial score (nSPS) is 25.3. The number of carbonyl (C=O) groups excluding carboxylic acids is 1. The fourth-order valence-corrected chi connectivity index (χ4v) is 2.36. The lowest BCUT2D eigenvalue weighted by atomic mass is 9.82. The average Bonchev–Trinajstić information content (AvgIpc) is 2.30. The monoisotopic (exact) mass is 238 g/mol. The Bertz CT molecular complexity index is 383. The van der Waals surface area contributed by atoms with Crippen molar-refractivity contribution in [2.45, 2.75) is 24.8 Å². The highest BCUT2D eigenvalue weighted by atomic mass is 35.5. The molecule has 0 radical (unpaired) electrons. The fraction of sp³-hybridized carbons (Fsp3) is 0.417. The van der Waals surface area contributed by atoms with Crippen LogP contribution < -0.4 is 11.1 Å². The maximum atomic E-state index is 11.7. The molecule has 1 aromatic carbocycles. The predicted octanol–water partition coefficient (Wildman–Crippen LogP) is 1.79. The lowest BCUT2D eigenvalue weighted by Gasteiger charge is -2.36. The van der Waals surface area contributed by atoms with E-state index < -0.39 is 5.54 Å². The van der Waals surface area contributed by atoms with E-state index in [1.165, 1.54) is 0 Å². The van der Waals surface area contributed by atoms with Crippen LogP contribution in [0.5, 0.6) is 0 Å². The molecule has 1 aromatic rings. The molecule has 4 heteroatoms. The van der Waals surface area contributed by atoms with E-state index in [1.807, 2.05) is 12.1 Å². The molecule has 1 atom stereocenters. The van der Waals surface area contributed by atoms with Gasteiger partial charge in [0.15, 0.2) is 0 Å². The van der Waals surface area contributed by atoms with Gasteiger partial charge in [0.25, 0.3) is 0 Å². The number of rotatable bonds is 2. The molecule has 0 aliphatic carbocycles. The molecular formula is C12H15ClN2O. The molecule has 3 N–H and O–H groups in total. The highest BCUT2D eigenvalue weighted by Gasteiger charge is 2.39. The molecule has 1 aliphatic heterocycles. The number of amides is 1. The summed E-state index contributed by atoms with van der Waals surface area (Å²) in [5.41, 5.74) is 5.74. The Labute approximate surface area is 100.0 Å². The number of halogens is 1. The second-order valence-electron chi connectivity index (χ2n) is 4.16. The number of nitrogens with two attached hydrogens (primary N) is 1. The topological polar surface area (TPSA) is 55.1 Å². The Balaban J connectivity index is 2.38. The van der Waals surface area contributed by atoms with Gasteiger partial charge in [-0.2, -0.15) is 0 Å². The van der Waals surface area contributed by atoms with Gasteiger partial charge in [0, 0.05) is 5.02 Å². The largest absolute Gasteiger partial charge is 0.368 e. The van der Waals surface area contributed by atoms with E-state index in [0.29, 0.717) is 5.02 Å². The molecule has 1 unspecified atom stereocenters. The second-order valence-corrected chi connectivity index (χ2v) is 4.60. The van der Waals surface area contributed by atoms with E-state index in [4.69, 9.17) is 17.3 Å². The summed E-state index contributed by atoms with van der Waals surface area (Å²) in [6.45, 7) is 0.825. The number of primary amides is 1. The molecule has 1 fully saturated rings. The van der Waals surface area contributed by atoms with Crippen LogP contribution in [-0.2, 0) is 10.3 Å². The van der Waals surface area contributed by atoms with E-state index >= 15 is 0 Å². The van der Waals surface area contributed by atoms with Crippen LogP contribution in [0.25, 0.3) is 0 Å². The van der Waals surface area contributed by atoms with Crippen LogP contribution in [0.2, 0.25) is 5.02 Å². The Hall–Kier alpha value is -1.06. The Morgan fingerprint density at radius 2 is 2.00 bits per heavy atom. The molecule has 1 heterocycles. The summed E-state index contributed by atoms with van der Waals surface area (Å²) in [6, 6.07) is 7.31. The molecule has 0 saturated carbocycles. The first-order chi connectivity index (χ1) is 7.65. The van der Waals surface area contributed by atoms with Crippen LogP contribution >= 0.6 is 11.6 Å². The fourth-order valence-electron chi connectivity index (χ4n) is 2.24. The molecule has 0 spiro atoms. The predicted molar refractivity (Wildman–Crippen MR) is 64.2 cm³/mol. The van der Waals surface area contributed by atoms with E-state index in [0.717, 1.165) is 31.4 Å². The van der Waals surface area contributed by atoms with Crippen LogP contribution in [0.3, 0.4) is 0 Å². The Morgan fingerprint density at radius 3 is 2.50 bits per heavy atom. The van der Waals surface area contributed by atoms with Crippen LogP contribution in [-0.4, -0.2) is 12.5 Å². The number of hydrogen-bond donors (Lipinski definition) is 2. The highest BCUT2D eigenvalue weighted by Crippen LogP contribution is 2.30. The maximum Gasteiger partial charge on any atom is 0.242 e. The first-order valence-corrected chi connectivity index (χ1v) is 5.84. The quantitative estimate of drug-likeness (QED) is 0.826. The summed E-state index contributed by atoms with van der Waals surface area (Å²) in [4.78, 5) is 11.7. The minimum absolute atomic E-state index is 0.311. The SMILES string of the molecule is NC(=O)C1(c2ccc(Cl)cc2)CCCCN1. The van der Waals surface area contributed by atoms with Crippen LogP contribution in [0.15, 0.2) is 24.3 Å². The third-order valence-corrected chi connectivity index (χ3v) is 3.41. The van der Waals surface area contributed by atoms with Gasteiger partial charge in [-0.3, -0.25) is 10.1 Å². The van der Waals surface area contributed by atoms with Gasteiger partial charge in [0.1, 0.15) is 5.54 Å². The Kier molecular flexibility index (Phi) is 3.17. The molecule has 86 valence electrons. The van der Waals surface area contributed by atoms with Crippen molar-refractivity contribution in [1.29, 1.82) is 0 Å². The molecule has 0 aromatic heterocycles. The van der Waals surface area contributed by atoms with Gasteiger partial charge in [0.05, 0.1) is 0 Å². The van der Waals surface area contributed by atoms with Gasteiger partial charge in [-0.15, -0.1) is 0 Å². The minimum atomic E-state index is -0.706. The number of carbonyl (C=O) groups is 1. The number of piperidine rings is 1. The summed E-state index contributed by atoms with van der Waals surface area (Å²) in [5, 5.41) is 3.92. The molecule has 16 heavy (non-hydrogen) atoms. The molecule has 2 rings (SSSR count). The first kappa shape index (κ1) is 11.4. The number of hydrogen-bond acceptors (Lipinski definition) is 2. The van der Waals surface area contributed by atoms with Crippen molar-refractivity contribution < 1.29 is 4.79 Å². The van der Waals surface area contributed by atoms with Gasteiger partial charge >= 0.3 is 0 Å². The third kappa shape index (κ3) is 1.93. The molecular weight excluding hydrogens is 224 g/mol. The van der Waals surface area contributed by atoms with Crippen molar-refractivity contribution in [1.82, 2.24) is 5.32 Å². The summed E-state index contributed by atoms with van der Waals surface area (Å²) in [7, 11) is 0. The lowest BCUT2D eigenvalue weighted by Crippen LogP contribution is -2.54. The standard InChI is InChI=1S/C12H15ClN2O/c13-10-5-3-9(4-6-10)12(11(14)16)7-1-2-8-15-12/h3-6,15H,1-2,7-8H2,(H2,14,16). The van der Waals surface area contributed by atoms with E-state index in [2.05, 4.69) is 5.32 Å². The van der Waals surface area contributed by atoms with Crippen LogP contribution in [0, 0.1) is 0 Å². The van der Waals surface area contributed by atoms with Crippen molar-refractivity contribution in [3.8, 4) is 0 Å². The summed E-state index contributed by atoms with van der Waals surface area (Å²) < 4.78 is 0. The van der Waals surface area contributed by atoms with Gasteiger partial charge in [-0.1, -0.05) is 23.7 Å². The van der Waals surface area contributed by atoms with Crippen molar-refractivity contribution in [3.05, 3.63) is 34.9 Å². The molecule has 1 amide bonds. The van der Waals surface area contributed by atoms with Crippen molar-refractivity contribution in [3.63, 3.8) is 0 Å². The maximum absolute atomic E-state index is 11.7. The van der Waals surface area contributed by atoms with E-state index in [1.54, 1.807) is 12.1 Å². The van der Waals surface area contributed by atoms with Crippen LogP contribution in [0.4, 0.5) is 0 Å². The molecule has 3 nitrogen and oxygen atoms in total. The number of benzene rings is 1. The summed E-state index contributed by atoms with van der Waals surface area (Å²) in [6.07, 6.45) is 2.85. The Morgan fingerprint density at radius 1 is 1.31 bits per heavy atom. The number of nitrogens with one attached hydrogen (secondary N) is 1. The van der Waals surface area contributed by atoms with Gasteiger partial charge < -0.3 is 5.73 Å². The average molecular weight is 239 g/mol.